The first-order valence-corrected chi connectivity index (χ1v) is 11.7. The van der Waals surface area contributed by atoms with Gasteiger partial charge in [-0.05, 0) is 5.56 Å². The summed E-state index contributed by atoms with van der Waals surface area (Å²) in [7, 11) is -1.16. The molecule has 0 spiro atoms. The van der Waals surface area contributed by atoms with Crippen LogP contribution in [0.15, 0.2) is 60.7 Å². The first-order valence-electron chi connectivity index (χ1n) is 10.3. The van der Waals surface area contributed by atoms with Crippen molar-refractivity contribution in [3.8, 4) is 0 Å². The molecule has 2 aromatic rings. The van der Waals surface area contributed by atoms with Crippen molar-refractivity contribution in [2.24, 2.45) is 0 Å². The number of imide groups is 1. The number of ether oxygens (including phenoxy) is 3. The lowest BCUT2D eigenvalue weighted by Gasteiger charge is -2.30. The Morgan fingerprint density at radius 1 is 1.09 bits per heavy atom. The number of esters is 1. The molecule has 8 nitrogen and oxygen atoms in total. The summed E-state index contributed by atoms with van der Waals surface area (Å²) in [5.74, 6) is -0.974. The first-order chi connectivity index (χ1) is 15.6. The quantitative estimate of drug-likeness (QED) is 0.505. The van der Waals surface area contributed by atoms with Gasteiger partial charge in [-0.15, -0.1) is 0 Å². The van der Waals surface area contributed by atoms with Crippen molar-refractivity contribution in [3.63, 3.8) is 0 Å². The molecule has 0 aliphatic carbocycles. The standard InChI is InChI=1S/C23H24N2O6S/c26-19-15-32(23(28)25-19)22(17-9-5-2-6-10-17)31-20(18-13-24-11-12-29-18)21(27)30-14-16-7-3-1-4-8-16/h1-10,18,20,24H,11-15H2,(H,25,26,28). The van der Waals surface area contributed by atoms with Gasteiger partial charge in [-0.25, -0.2) is 4.79 Å². The molecule has 2 amide bonds. The van der Waals surface area contributed by atoms with Gasteiger partial charge in [-0.1, -0.05) is 71.1 Å². The van der Waals surface area contributed by atoms with E-state index in [4.69, 9.17) is 14.2 Å². The lowest BCUT2D eigenvalue weighted by atomic mass is 10.1. The van der Waals surface area contributed by atoms with Crippen molar-refractivity contribution >= 4 is 32.7 Å². The van der Waals surface area contributed by atoms with Gasteiger partial charge < -0.3 is 19.5 Å². The number of rotatable bonds is 6. The normalized spacial score (nSPS) is 22.2. The zero-order chi connectivity index (χ0) is 22.3. The molecule has 0 aromatic heterocycles. The fourth-order valence-electron chi connectivity index (χ4n) is 3.38. The summed E-state index contributed by atoms with van der Waals surface area (Å²) in [6, 6.07) is 18.3. The molecule has 4 rings (SSSR count). The van der Waals surface area contributed by atoms with Crippen LogP contribution in [0.25, 0.3) is 0 Å². The van der Waals surface area contributed by atoms with Crippen LogP contribution in [-0.4, -0.2) is 59.8 Å². The van der Waals surface area contributed by atoms with Crippen LogP contribution in [0.4, 0.5) is 4.79 Å². The number of benzene rings is 2. The number of morpholine rings is 1. The largest absolute Gasteiger partial charge is 0.459 e. The van der Waals surface area contributed by atoms with E-state index in [-0.39, 0.29) is 23.3 Å². The third kappa shape index (κ3) is 5.49. The van der Waals surface area contributed by atoms with E-state index < -0.39 is 33.9 Å². The van der Waals surface area contributed by atoms with E-state index in [1.807, 2.05) is 36.4 Å². The highest BCUT2D eigenvalue weighted by molar-refractivity contribution is 8.29. The van der Waals surface area contributed by atoms with Crippen molar-refractivity contribution < 1.29 is 28.6 Å². The first kappa shape index (κ1) is 22.3. The van der Waals surface area contributed by atoms with Gasteiger partial charge in [0, 0.05) is 18.7 Å². The molecule has 2 aliphatic heterocycles. The number of carbonyl (C=O) groups is 3. The van der Waals surface area contributed by atoms with Crippen LogP contribution in [-0.2, 0) is 30.4 Å². The number of hydrogen-bond acceptors (Lipinski definition) is 7. The summed E-state index contributed by atoms with van der Waals surface area (Å²) in [4.78, 5) is 37.4. The topological polar surface area (TPSA) is 103 Å². The Morgan fingerprint density at radius 2 is 1.81 bits per heavy atom. The van der Waals surface area contributed by atoms with Crippen LogP contribution in [0.3, 0.4) is 0 Å². The maximum absolute atomic E-state index is 13.1. The smallest absolute Gasteiger partial charge is 0.338 e. The van der Waals surface area contributed by atoms with Crippen molar-refractivity contribution in [1.29, 1.82) is 0 Å². The monoisotopic (exact) mass is 456 g/mol. The van der Waals surface area contributed by atoms with E-state index in [1.54, 1.807) is 24.3 Å². The predicted octanol–water partition coefficient (Wildman–Crippen LogP) is 1.80. The fraction of sp³-hybridized carbons (Fsp3) is 0.304. The highest BCUT2D eigenvalue weighted by Crippen LogP contribution is 2.27. The van der Waals surface area contributed by atoms with E-state index in [0.717, 1.165) is 5.56 Å². The number of amides is 2. The van der Waals surface area contributed by atoms with Crippen molar-refractivity contribution in [2.75, 3.05) is 25.4 Å². The minimum atomic E-state index is -1.16. The molecule has 0 saturated carbocycles. The highest BCUT2D eigenvalue weighted by Gasteiger charge is 2.37. The molecule has 2 aliphatic rings. The van der Waals surface area contributed by atoms with Gasteiger partial charge in [0.15, 0.2) is 6.10 Å². The lowest BCUT2D eigenvalue weighted by Crippen LogP contribution is -2.50. The van der Waals surface area contributed by atoms with Crippen LogP contribution in [0.5, 0.6) is 0 Å². The molecule has 32 heavy (non-hydrogen) atoms. The van der Waals surface area contributed by atoms with Gasteiger partial charge in [0.05, 0.1) is 12.4 Å². The summed E-state index contributed by atoms with van der Waals surface area (Å²) < 4.78 is 17.5. The summed E-state index contributed by atoms with van der Waals surface area (Å²) in [6.07, 6.45) is -1.70. The molecule has 168 valence electrons. The predicted molar refractivity (Wildman–Crippen MR) is 120 cm³/mol. The van der Waals surface area contributed by atoms with Crippen molar-refractivity contribution in [3.05, 3.63) is 71.8 Å². The Labute approximate surface area is 188 Å². The average Bonchev–Trinajstić information content (AvgIpc) is 3.17. The molecule has 3 unspecified atom stereocenters. The zero-order valence-corrected chi connectivity index (χ0v) is 18.1. The van der Waals surface area contributed by atoms with Gasteiger partial charge in [0.1, 0.15) is 17.8 Å². The molecule has 2 aromatic carbocycles. The maximum atomic E-state index is 13.1. The number of hydrogen-bond donors (Lipinski definition) is 2. The Balaban J connectivity index is 1.63. The summed E-state index contributed by atoms with van der Waals surface area (Å²) in [5, 5.41) is 5.37. The molecule has 2 N–H and O–H groups in total. The Hall–Kier alpha value is -2.85. The average molecular weight is 457 g/mol. The maximum Gasteiger partial charge on any atom is 0.338 e. The van der Waals surface area contributed by atoms with E-state index >= 15 is 0 Å². The van der Waals surface area contributed by atoms with Gasteiger partial charge in [0.25, 0.3) is 5.24 Å². The van der Waals surface area contributed by atoms with Crippen LogP contribution in [0, 0.1) is 0 Å². The third-order valence-corrected chi connectivity index (χ3v) is 6.84. The van der Waals surface area contributed by atoms with E-state index in [9.17, 15) is 14.4 Å². The summed E-state index contributed by atoms with van der Waals surface area (Å²) >= 11 is 0. The molecular weight excluding hydrogens is 432 g/mol. The summed E-state index contributed by atoms with van der Waals surface area (Å²) in [5.41, 5.74) is 1.47. The van der Waals surface area contributed by atoms with Gasteiger partial charge >= 0.3 is 5.97 Å². The molecule has 0 bridgehead atoms. The second-order valence-electron chi connectivity index (χ2n) is 7.27. The van der Waals surface area contributed by atoms with Gasteiger partial charge in [-0.2, -0.15) is 0 Å². The Bertz CT molecular complexity index is 1010. The molecule has 0 radical (unpaired) electrons. The number of carbonyl (C=O) groups excluding carboxylic acids is 3. The molecule has 3 atom stereocenters. The summed E-state index contributed by atoms with van der Waals surface area (Å²) in [6.45, 7) is 1.57. The lowest BCUT2D eigenvalue weighted by molar-refractivity contribution is -0.163. The molecular formula is C23H24N2O6S. The Morgan fingerprint density at radius 3 is 2.44 bits per heavy atom. The second-order valence-corrected chi connectivity index (χ2v) is 9.08. The highest BCUT2D eigenvalue weighted by atomic mass is 32.2. The van der Waals surface area contributed by atoms with Crippen LogP contribution < -0.4 is 10.6 Å². The van der Waals surface area contributed by atoms with Crippen LogP contribution >= 0.6 is 10.5 Å². The van der Waals surface area contributed by atoms with Crippen molar-refractivity contribution in [2.45, 2.75) is 18.8 Å². The van der Waals surface area contributed by atoms with Crippen LogP contribution in [0.2, 0.25) is 0 Å². The van der Waals surface area contributed by atoms with E-state index in [2.05, 4.69) is 10.6 Å². The number of nitrogens with one attached hydrogen (secondary N) is 2. The van der Waals surface area contributed by atoms with Gasteiger partial charge in [-0.3, -0.25) is 14.9 Å². The fourth-order valence-corrected chi connectivity index (χ4v) is 5.02. The minimum Gasteiger partial charge on any atom is -0.459 e. The SMILES string of the molecule is O=C1CS(=C(OC(C(=O)OCc2ccccc2)C2CNCCO2)c2ccccc2)C(=O)N1. The van der Waals surface area contributed by atoms with Crippen LogP contribution in [0.1, 0.15) is 11.1 Å². The molecule has 2 fully saturated rings. The zero-order valence-electron chi connectivity index (χ0n) is 17.3. The minimum absolute atomic E-state index is 0.0153. The van der Waals surface area contributed by atoms with Crippen molar-refractivity contribution in [1.82, 2.24) is 10.6 Å². The van der Waals surface area contributed by atoms with E-state index in [1.165, 1.54) is 0 Å². The second kappa shape index (κ2) is 10.6. The molecule has 2 saturated heterocycles. The molecule has 9 heteroatoms. The third-order valence-electron chi connectivity index (χ3n) is 4.96. The Kier molecular flexibility index (Phi) is 7.43. The van der Waals surface area contributed by atoms with E-state index in [0.29, 0.717) is 25.3 Å². The molecule has 2 heterocycles. The van der Waals surface area contributed by atoms with Gasteiger partial charge in [0.2, 0.25) is 5.91 Å².